The molecule has 0 saturated heterocycles. The summed E-state index contributed by atoms with van der Waals surface area (Å²) in [6, 6.07) is 2.13. The Labute approximate surface area is 88.2 Å². The van der Waals surface area contributed by atoms with Crippen LogP contribution in [-0.2, 0) is 13.6 Å². The van der Waals surface area contributed by atoms with E-state index in [0.717, 1.165) is 6.54 Å². The van der Waals surface area contributed by atoms with E-state index in [4.69, 9.17) is 0 Å². The molecule has 0 aliphatic rings. The molecule has 2 heterocycles. The van der Waals surface area contributed by atoms with Gasteiger partial charge in [0.25, 0.3) is 0 Å². The summed E-state index contributed by atoms with van der Waals surface area (Å²) in [5, 5.41) is 7.73. The summed E-state index contributed by atoms with van der Waals surface area (Å²) in [5.41, 5.74) is 3.89. The lowest BCUT2D eigenvalue weighted by molar-refractivity contribution is 0.920. The number of aromatic nitrogens is 1. The van der Waals surface area contributed by atoms with E-state index in [1.54, 1.807) is 11.3 Å². The molecule has 0 atom stereocenters. The molecule has 2 aromatic heterocycles. The van der Waals surface area contributed by atoms with Crippen molar-refractivity contribution in [1.29, 1.82) is 0 Å². The highest BCUT2D eigenvalue weighted by atomic mass is 32.1. The van der Waals surface area contributed by atoms with Crippen molar-refractivity contribution in [2.75, 3.05) is 5.32 Å². The molecule has 0 aliphatic heterocycles. The van der Waals surface area contributed by atoms with Gasteiger partial charge in [0, 0.05) is 37.1 Å². The van der Waals surface area contributed by atoms with Crippen LogP contribution in [-0.4, -0.2) is 4.57 Å². The van der Waals surface area contributed by atoms with Crippen LogP contribution >= 0.6 is 11.3 Å². The van der Waals surface area contributed by atoms with Gasteiger partial charge in [0.15, 0.2) is 0 Å². The van der Waals surface area contributed by atoms with Crippen molar-refractivity contribution < 1.29 is 0 Å². The largest absolute Gasteiger partial charge is 0.380 e. The number of rotatable bonds is 3. The quantitative estimate of drug-likeness (QED) is 0.817. The zero-order chi connectivity index (χ0) is 9.97. The van der Waals surface area contributed by atoms with Crippen LogP contribution in [0.3, 0.4) is 0 Å². The van der Waals surface area contributed by atoms with Crippen LogP contribution < -0.4 is 5.32 Å². The van der Waals surface area contributed by atoms with Crippen LogP contribution in [0.4, 0.5) is 5.69 Å². The SMILES string of the molecule is Cc1cscc1NCc1ccn(C)c1. The van der Waals surface area contributed by atoms with E-state index in [2.05, 4.69) is 46.0 Å². The smallest absolute Gasteiger partial charge is 0.0481 e. The van der Waals surface area contributed by atoms with Gasteiger partial charge in [0.1, 0.15) is 0 Å². The molecule has 0 amide bonds. The molecule has 3 heteroatoms. The molecule has 2 aromatic rings. The first kappa shape index (κ1) is 9.34. The van der Waals surface area contributed by atoms with Crippen molar-refractivity contribution in [1.82, 2.24) is 4.57 Å². The first-order valence-electron chi connectivity index (χ1n) is 4.63. The summed E-state index contributed by atoms with van der Waals surface area (Å²) in [7, 11) is 2.04. The molecule has 0 fully saturated rings. The lowest BCUT2D eigenvalue weighted by atomic mass is 10.3. The monoisotopic (exact) mass is 206 g/mol. The Morgan fingerprint density at radius 3 is 2.86 bits per heavy atom. The average Bonchev–Trinajstić information content (AvgIpc) is 2.72. The Bertz CT molecular complexity index is 414. The molecule has 0 radical (unpaired) electrons. The number of thiophene rings is 1. The summed E-state index contributed by atoms with van der Waals surface area (Å²) >= 11 is 1.74. The van der Waals surface area contributed by atoms with Crippen LogP contribution in [0.25, 0.3) is 0 Å². The third-order valence-corrected chi connectivity index (χ3v) is 3.09. The van der Waals surface area contributed by atoms with E-state index in [0.29, 0.717) is 0 Å². The van der Waals surface area contributed by atoms with E-state index in [1.165, 1.54) is 16.8 Å². The van der Waals surface area contributed by atoms with E-state index in [-0.39, 0.29) is 0 Å². The van der Waals surface area contributed by atoms with E-state index in [1.807, 2.05) is 7.05 Å². The Hall–Kier alpha value is -1.22. The molecule has 0 bridgehead atoms. The minimum absolute atomic E-state index is 0.901. The first-order valence-corrected chi connectivity index (χ1v) is 5.57. The average molecular weight is 206 g/mol. The highest BCUT2D eigenvalue weighted by Gasteiger charge is 1.98. The molecule has 0 saturated carbocycles. The lowest BCUT2D eigenvalue weighted by Gasteiger charge is -2.03. The normalized spacial score (nSPS) is 10.4. The summed E-state index contributed by atoms with van der Waals surface area (Å²) in [5.74, 6) is 0. The zero-order valence-corrected chi connectivity index (χ0v) is 9.27. The van der Waals surface area contributed by atoms with Crippen molar-refractivity contribution >= 4 is 17.0 Å². The van der Waals surface area contributed by atoms with E-state index >= 15 is 0 Å². The van der Waals surface area contributed by atoms with Crippen molar-refractivity contribution in [3.63, 3.8) is 0 Å². The highest BCUT2D eigenvalue weighted by molar-refractivity contribution is 7.08. The predicted molar refractivity (Wildman–Crippen MR) is 61.8 cm³/mol. The Morgan fingerprint density at radius 2 is 2.29 bits per heavy atom. The van der Waals surface area contributed by atoms with Gasteiger partial charge in [0.2, 0.25) is 0 Å². The highest BCUT2D eigenvalue weighted by Crippen LogP contribution is 2.19. The minimum Gasteiger partial charge on any atom is -0.380 e. The molecule has 0 aromatic carbocycles. The molecule has 14 heavy (non-hydrogen) atoms. The van der Waals surface area contributed by atoms with Gasteiger partial charge in [-0.25, -0.2) is 0 Å². The number of aryl methyl sites for hydroxylation is 2. The fourth-order valence-corrected chi connectivity index (χ4v) is 2.21. The van der Waals surface area contributed by atoms with Crippen molar-refractivity contribution in [3.05, 3.63) is 40.3 Å². The van der Waals surface area contributed by atoms with Gasteiger partial charge >= 0.3 is 0 Å². The maximum absolute atomic E-state index is 3.42. The second kappa shape index (κ2) is 3.88. The molecule has 0 aliphatic carbocycles. The molecule has 0 unspecified atom stereocenters. The fraction of sp³-hybridized carbons (Fsp3) is 0.273. The number of nitrogens with zero attached hydrogens (tertiary/aromatic N) is 1. The summed E-state index contributed by atoms with van der Waals surface area (Å²) in [6.45, 7) is 3.03. The topological polar surface area (TPSA) is 17.0 Å². The van der Waals surface area contributed by atoms with Crippen LogP contribution in [0.2, 0.25) is 0 Å². The van der Waals surface area contributed by atoms with Crippen molar-refractivity contribution in [2.45, 2.75) is 13.5 Å². The van der Waals surface area contributed by atoms with Gasteiger partial charge in [-0.05, 0) is 29.5 Å². The van der Waals surface area contributed by atoms with E-state index in [9.17, 15) is 0 Å². The molecule has 0 spiro atoms. The number of hydrogen-bond donors (Lipinski definition) is 1. The van der Waals surface area contributed by atoms with Gasteiger partial charge < -0.3 is 9.88 Å². The van der Waals surface area contributed by atoms with Gasteiger partial charge in [-0.2, -0.15) is 0 Å². The number of hydrogen-bond acceptors (Lipinski definition) is 2. The molecule has 2 nitrogen and oxygen atoms in total. The Morgan fingerprint density at radius 1 is 1.43 bits per heavy atom. The summed E-state index contributed by atoms with van der Waals surface area (Å²) in [6.07, 6.45) is 4.20. The second-order valence-corrected chi connectivity index (χ2v) is 4.25. The van der Waals surface area contributed by atoms with Crippen molar-refractivity contribution in [3.8, 4) is 0 Å². The van der Waals surface area contributed by atoms with Crippen LogP contribution in [0.5, 0.6) is 0 Å². The minimum atomic E-state index is 0.901. The third-order valence-electron chi connectivity index (χ3n) is 2.23. The fourth-order valence-electron chi connectivity index (χ4n) is 1.40. The van der Waals surface area contributed by atoms with Crippen LogP contribution in [0, 0.1) is 6.92 Å². The maximum Gasteiger partial charge on any atom is 0.0481 e. The van der Waals surface area contributed by atoms with Gasteiger partial charge in [-0.15, -0.1) is 11.3 Å². The number of anilines is 1. The Kier molecular flexibility index (Phi) is 2.59. The molecular weight excluding hydrogens is 192 g/mol. The second-order valence-electron chi connectivity index (χ2n) is 3.51. The van der Waals surface area contributed by atoms with Gasteiger partial charge in [0.05, 0.1) is 0 Å². The Balaban J connectivity index is 1.98. The predicted octanol–water partition coefficient (Wildman–Crippen LogP) is 3.01. The van der Waals surface area contributed by atoms with Gasteiger partial charge in [-0.1, -0.05) is 0 Å². The number of nitrogens with one attached hydrogen (secondary N) is 1. The summed E-state index contributed by atoms with van der Waals surface area (Å²) in [4.78, 5) is 0. The third kappa shape index (κ3) is 1.99. The summed E-state index contributed by atoms with van der Waals surface area (Å²) < 4.78 is 2.07. The molecule has 74 valence electrons. The van der Waals surface area contributed by atoms with Crippen LogP contribution in [0.15, 0.2) is 29.2 Å². The zero-order valence-electron chi connectivity index (χ0n) is 8.45. The van der Waals surface area contributed by atoms with Gasteiger partial charge in [-0.3, -0.25) is 0 Å². The maximum atomic E-state index is 3.42. The van der Waals surface area contributed by atoms with Crippen molar-refractivity contribution in [2.24, 2.45) is 7.05 Å². The molecule has 1 N–H and O–H groups in total. The lowest BCUT2D eigenvalue weighted by Crippen LogP contribution is -1.98. The standard InChI is InChI=1S/C11H14N2S/c1-9-7-14-8-11(9)12-5-10-3-4-13(2)6-10/h3-4,6-8,12H,5H2,1-2H3. The van der Waals surface area contributed by atoms with Crippen LogP contribution in [0.1, 0.15) is 11.1 Å². The molecular formula is C11H14N2S. The van der Waals surface area contributed by atoms with E-state index < -0.39 is 0 Å². The first-order chi connectivity index (χ1) is 6.75. The molecule has 2 rings (SSSR count).